The molecule has 3 atom stereocenters. The number of ether oxygens (including phenoxy) is 4. The van der Waals surface area contributed by atoms with Gasteiger partial charge in [0.25, 0.3) is 0 Å². The Balaban J connectivity index is 1.99. The van der Waals surface area contributed by atoms with Gasteiger partial charge in [0, 0.05) is 13.3 Å². The van der Waals surface area contributed by atoms with Gasteiger partial charge < -0.3 is 18.9 Å². The second-order valence-electron chi connectivity index (χ2n) is 5.06. The van der Waals surface area contributed by atoms with E-state index in [1.165, 1.54) is 14.0 Å². The van der Waals surface area contributed by atoms with Crippen LogP contribution < -0.4 is 0 Å². The molecule has 0 amide bonds. The Hall–Kier alpha value is -1.92. The molecule has 1 aromatic carbocycles. The molecule has 0 radical (unpaired) electrons. The monoisotopic (exact) mass is 308 g/mol. The van der Waals surface area contributed by atoms with Crippen LogP contribution in [0.4, 0.5) is 0 Å². The third-order valence-electron chi connectivity index (χ3n) is 3.41. The first-order valence-electron chi connectivity index (χ1n) is 7.12. The first-order chi connectivity index (χ1) is 10.6. The van der Waals surface area contributed by atoms with Crippen LogP contribution in [0, 0.1) is 0 Å². The molecule has 0 saturated carbocycles. The van der Waals surface area contributed by atoms with Crippen molar-refractivity contribution in [3.05, 3.63) is 35.9 Å². The molecule has 0 aliphatic carbocycles. The van der Waals surface area contributed by atoms with Crippen molar-refractivity contribution in [1.29, 1.82) is 0 Å². The summed E-state index contributed by atoms with van der Waals surface area (Å²) in [6.45, 7) is 1.82. The van der Waals surface area contributed by atoms with E-state index in [0.717, 1.165) is 5.56 Å². The topological polar surface area (TPSA) is 71.1 Å². The minimum Gasteiger partial charge on any atom is -0.467 e. The lowest BCUT2D eigenvalue weighted by Gasteiger charge is -2.34. The van der Waals surface area contributed by atoms with Crippen molar-refractivity contribution in [2.75, 3.05) is 13.7 Å². The van der Waals surface area contributed by atoms with E-state index in [9.17, 15) is 9.59 Å². The molecule has 0 bridgehead atoms. The lowest BCUT2D eigenvalue weighted by molar-refractivity contribution is -0.192. The zero-order chi connectivity index (χ0) is 15.9. The smallest absolute Gasteiger partial charge is 0.335 e. The van der Waals surface area contributed by atoms with Gasteiger partial charge in [-0.3, -0.25) is 4.79 Å². The van der Waals surface area contributed by atoms with E-state index in [1.54, 1.807) is 0 Å². The van der Waals surface area contributed by atoms with Crippen LogP contribution in [0.2, 0.25) is 0 Å². The Morgan fingerprint density at radius 2 is 1.95 bits per heavy atom. The van der Waals surface area contributed by atoms with Gasteiger partial charge in [0.15, 0.2) is 12.2 Å². The molecular formula is C16H20O6. The van der Waals surface area contributed by atoms with E-state index in [1.807, 2.05) is 30.3 Å². The normalized spacial score (nSPS) is 24.5. The summed E-state index contributed by atoms with van der Waals surface area (Å²) in [5.74, 6) is -0.854. The second-order valence-corrected chi connectivity index (χ2v) is 5.06. The molecule has 2 unspecified atom stereocenters. The maximum atomic E-state index is 11.6. The summed E-state index contributed by atoms with van der Waals surface area (Å²) in [7, 11) is 1.31. The largest absolute Gasteiger partial charge is 0.467 e. The molecule has 1 aliphatic heterocycles. The zero-order valence-corrected chi connectivity index (χ0v) is 12.7. The fourth-order valence-corrected chi connectivity index (χ4v) is 2.32. The van der Waals surface area contributed by atoms with Crippen LogP contribution in [0.25, 0.3) is 0 Å². The fourth-order valence-electron chi connectivity index (χ4n) is 2.32. The number of carbonyl (C=O) groups is 2. The van der Waals surface area contributed by atoms with Crippen molar-refractivity contribution in [2.45, 2.75) is 38.3 Å². The van der Waals surface area contributed by atoms with Gasteiger partial charge in [-0.15, -0.1) is 0 Å². The van der Waals surface area contributed by atoms with Crippen molar-refractivity contribution < 1.29 is 28.5 Å². The minimum atomic E-state index is -0.697. The van der Waals surface area contributed by atoms with Gasteiger partial charge in [0.05, 0.1) is 20.3 Å². The van der Waals surface area contributed by atoms with E-state index in [0.29, 0.717) is 6.61 Å². The summed E-state index contributed by atoms with van der Waals surface area (Å²) < 4.78 is 21.1. The first-order valence-corrected chi connectivity index (χ1v) is 7.12. The number of carbonyl (C=O) groups excluding carboxylic acids is 2. The van der Waals surface area contributed by atoms with Crippen LogP contribution in [-0.2, 0) is 35.1 Å². The van der Waals surface area contributed by atoms with Crippen LogP contribution in [0.5, 0.6) is 0 Å². The molecule has 1 aromatic rings. The number of hydrogen-bond donors (Lipinski definition) is 0. The Kier molecular flexibility index (Phi) is 5.91. The highest BCUT2D eigenvalue weighted by atomic mass is 16.6. The van der Waals surface area contributed by atoms with Crippen molar-refractivity contribution in [3.63, 3.8) is 0 Å². The summed E-state index contributed by atoms with van der Waals surface area (Å²) in [4.78, 5) is 22.8. The van der Waals surface area contributed by atoms with E-state index in [2.05, 4.69) is 4.74 Å². The third kappa shape index (κ3) is 4.54. The molecule has 0 aromatic heterocycles. The SMILES string of the molecule is COC(=O)C1C[C@@H](OCc2ccccc2)C(OC(C)=O)CO1. The van der Waals surface area contributed by atoms with E-state index < -0.39 is 30.3 Å². The Morgan fingerprint density at radius 1 is 1.23 bits per heavy atom. The summed E-state index contributed by atoms with van der Waals surface area (Å²) in [5, 5.41) is 0. The molecule has 0 spiro atoms. The molecule has 1 saturated heterocycles. The number of hydrogen-bond acceptors (Lipinski definition) is 6. The quantitative estimate of drug-likeness (QED) is 0.767. The predicted octanol–water partition coefficient (Wildman–Crippen LogP) is 1.47. The number of methoxy groups -OCH3 is 1. The Morgan fingerprint density at radius 3 is 2.59 bits per heavy atom. The second kappa shape index (κ2) is 7.91. The zero-order valence-electron chi connectivity index (χ0n) is 12.7. The highest BCUT2D eigenvalue weighted by Crippen LogP contribution is 2.22. The lowest BCUT2D eigenvalue weighted by Crippen LogP contribution is -2.47. The van der Waals surface area contributed by atoms with E-state index in [4.69, 9.17) is 14.2 Å². The van der Waals surface area contributed by atoms with Crippen LogP contribution in [-0.4, -0.2) is 44.0 Å². The van der Waals surface area contributed by atoms with Crippen molar-refractivity contribution in [1.82, 2.24) is 0 Å². The van der Waals surface area contributed by atoms with Crippen LogP contribution in [0.3, 0.4) is 0 Å². The molecule has 120 valence electrons. The van der Waals surface area contributed by atoms with Gasteiger partial charge in [-0.2, -0.15) is 0 Å². The van der Waals surface area contributed by atoms with Gasteiger partial charge in [0.1, 0.15) is 6.10 Å². The molecule has 6 heteroatoms. The first kappa shape index (κ1) is 16.5. The highest BCUT2D eigenvalue weighted by molar-refractivity contribution is 5.74. The molecule has 6 nitrogen and oxygen atoms in total. The Labute approximate surface area is 129 Å². The number of rotatable bonds is 5. The Bertz CT molecular complexity index is 501. The van der Waals surface area contributed by atoms with E-state index in [-0.39, 0.29) is 13.0 Å². The lowest BCUT2D eigenvalue weighted by atomic mass is 10.0. The fraction of sp³-hybridized carbons (Fsp3) is 0.500. The summed E-state index contributed by atoms with van der Waals surface area (Å²) in [5.41, 5.74) is 1.00. The molecule has 2 rings (SSSR count). The summed E-state index contributed by atoms with van der Waals surface area (Å²) in [6.07, 6.45) is -1.35. The van der Waals surface area contributed by atoms with Crippen LogP contribution >= 0.6 is 0 Å². The van der Waals surface area contributed by atoms with Gasteiger partial charge in [0.2, 0.25) is 0 Å². The third-order valence-corrected chi connectivity index (χ3v) is 3.41. The van der Waals surface area contributed by atoms with Crippen molar-refractivity contribution in [3.8, 4) is 0 Å². The van der Waals surface area contributed by atoms with Gasteiger partial charge in [-0.1, -0.05) is 30.3 Å². The van der Waals surface area contributed by atoms with Crippen LogP contribution in [0.1, 0.15) is 18.9 Å². The molecule has 1 fully saturated rings. The van der Waals surface area contributed by atoms with Gasteiger partial charge in [-0.25, -0.2) is 4.79 Å². The molecule has 0 N–H and O–H groups in total. The molecule has 22 heavy (non-hydrogen) atoms. The van der Waals surface area contributed by atoms with Crippen LogP contribution in [0.15, 0.2) is 30.3 Å². The maximum absolute atomic E-state index is 11.6. The van der Waals surface area contributed by atoms with Gasteiger partial charge in [-0.05, 0) is 5.56 Å². The van der Waals surface area contributed by atoms with E-state index >= 15 is 0 Å². The number of esters is 2. The molecule has 1 heterocycles. The summed E-state index contributed by atoms with van der Waals surface area (Å²) in [6, 6.07) is 9.65. The summed E-state index contributed by atoms with van der Waals surface area (Å²) >= 11 is 0. The minimum absolute atomic E-state index is 0.110. The predicted molar refractivity (Wildman–Crippen MR) is 76.9 cm³/mol. The van der Waals surface area contributed by atoms with Gasteiger partial charge >= 0.3 is 11.9 Å². The highest BCUT2D eigenvalue weighted by Gasteiger charge is 2.37. The maximum Gasteiger partial charge on any atom is 0.335 e. The average molecular weight is 308 g/mol. The van der Waals surface area contributed by atoms with Crippen molar-refractivity contribution >= 4 is 11.9 Å². The molecular weight excluding hydrogens is 288 g/mol. The number of benzene rings is 1. The van der Waals surface area contributed by atoms with Crippen molar-refractivity contribution in [2.24, 2.45) is 0 Å². The average Bonchev–Trinajstić information content (AvgIpc) is 2.53. The molecule has 1 aliphatic rings. The standard InChI is InChI=1S/C16H20O6/c1-11(17)22-15-10-21-14(16(18)19-2)8-13(15)20-9-12-6-4-3-5-7-12/h3-7,13-15H,8-10H2,1-2H3/t13-,14?,15?/m1/s1.